The van der Waals surface area contributed by atoms with Gasteiger partial charge in [-0.05, 0) is 74.9 Å². The predicted molar refractivity (Wildman–Crippen MR) is 122 cm³/mol. The fraction of sp³-hybridized carbons (Fsp3) is 0.583. The maximum Gasteiger partial charge on any atom is 0.247 e. The number of aliphatic hydroxyl groups excluding tert-OH is 1. The minimum Gasteiger partial charge on any atom is -0.391 e. The number of halogens is 2. The molecule has 0 aromatic heterocycles. The van der Waals surface area contributed by atoms with Crippen LogP contribution in [0.5, 0.6) is 0 Å². The van der Waals surface area contributed by atoms with E-state index in [2.05, 4.69) is 4.90 Å². The molecule has 174 valence electrons. The van der Waals surface area contributed by atoms with Crippen LogP contribution < -0.4 is 0 Å². The van der Waals surface area contributed by atoms with Crippen molar-refractivity contribution in [3.63, 3.8) is 0 Å². The SMILES string of the molecule is CC1C(=O)N(CCCN2CCC3(CC3)C(O)C2)CCN1C(=O)C=Cc1ccc(F)c(Cl)c1. The summed E-state index contributed by atoms with van der Waals surface area (Å²) in [5.41, 5.74) is 0.833. The zero-order chi connectivity index (χ0) is 22.9. The van der Waals surface area contributed by atoms with E-state index in [1.54, 1.807) is 24.0 Å². The first-order chi connectivity index (χ1) is 15.3. The predicted octanol–water partition coefficient (Wildman–Crippen LogP) is 2.79. The Morgan fingerprint density at radius 3 is 2.72 bits per heavy atom. The van der Waals surface area contributed by atoms with Gasteiger partial charge in [0.05, 0.1) is 11.1 Å². The fourth-order valence-corrected chi connectivity index (χ4v) is 5.03. The Bertz CT molecular complexity index is 904. The highest BCUT2D eigenvalue weighted by molar-refractivity contribution is 6.30. The van der Waals surface area contributed by atoms with Gasteiger partial charge in [0, 0.05) is 32.3 Å². The van der Waals surface area contributed by atoms with E-state index in [9.17, 15) is 19.1 Å². The molecule has 1 spiro atoms. The number of aliphatic hydroxyl groups is 1. The van der Waals surface area contributed by atoms with E-state index >= 15 is 0 Å². The summed E-state index contributed by atoms with van der Waals surface area (Å²) in [5, 5.41) is 10.3. The number of benzene rings is 1. The van der Waals surface area contributed by atoms with E-state index in [1.807, 2.05) is 4.90 Å². The maximum atomic E-state index is 13.3. The van der Waals surface area contributed by atoms with Gasteiger partial charge in [0.2, 0.25) is 11.8 Å². The van der Waals surface area contributed by atoms with Crippen molar-refractivity contribution in [3.8, 4) is 0 Å². The molecule has 8 heteroatoms. The summed E-state index contributed by atoms with van der Waals surface area (Å²) in [4.78, 5) is 31.1. The molecule has 1 aliphatic carbocycles. The Kier molecular flexibility index (Phi) is 6.89. The topological polar surface area (TPSA) is 64.1 Å². The van der Waals surface area contributed by atoms with E-state index in [-0.39, 0.29) is 28.4 Å². The molecule has 1 N–H and O–H groups in total. The van der Waals surface area contributed by atoms with Gasteiger partial charge >= 0.3 is 0 Å². The van der Waals surface area contributed by atoms with Crippen molar-refractivity contribution >= 4 is 29.5 Å². The van der Waals surface area contributed by atoms with E-state index < -0.39 is 11.9 Å². The third kappa shape index (κ3) is 5.00. The Morgan fingerprint density at radius 1 is 1.25 bits per heavy atom. The van der Waals surface area contributed by atoms with Gasteiger partial charge in [-0.3, -0.25) is 9.59 Å². The summed E-state index contributed by atoms with van der Waals surface area (Å²) >= 11 is 5.78. The second-order valence-electron chi connectivity index (χ2n) is 9.32. The molecule has 1 aromatic carbocycles. The summed E-state index contributed by atoms with van der Waals surface area (Å²) in [6, 6.07) is 3.73. The van der Waals surface area contributed by atoms with Crippen molar-refractivity contribution in [3.05, 3.63) is 40.7 Å². The average molecular weight is 464 g/mol. The average Bonchev–Trinajstić information content (AvgIpc) is 3.55. The molecule has 2 amide bonds. The molecule has 6 nitrogen and oxygen atoms in total. The highest BCUT2D eigenvalue weighted by Gasteiger charge is 2.51. The van der Waals surface area contributed by atoms with Crippen molar-refractivity contribution < 1.29 is 19.1 Å². The zero-order valence-corrected chi connectivity index (χ0v) is 19.2. The summed E-state index contributed by atoms with van der Waals surface area (Å²) in [6.45, 7) is 6.03. The molecule has 3 aliphatic rings. The quantitative estimate of drug-likeness (QED) is 0.659. The Morgan fingerprint density at radius 2 is 2.03 bits per heavy atom. The molecular weight excluding hydrogens is 433 g/mol. The molecule has 2 saturated heterocycles. The number of β-amino-alcohol motifs (C(OH)–C–C–N with tert-alkyl or cyclic N) is 1. The first-order valence-corrected chi connectivity index (χ1v) is 11.8. The number of likely N-dealkylation sites (tertiary alicyclic amines) is 1. The lowest BCUT2D eigenvalue weighted by Gasteiger charge is -2.39. The highest BCUT2D eigenvalue weighted by atomic mass is 35.5. The zero-order valence-electron chi connectivity index (χ0n) is 18.5. The van der Waals surface area contributed by atoms with E-state index in [1.165, 1.54) is 18.2 Å². The van der Waals surface area contributed by atoms with Crippen LogP contribution in [0.2, 0.25) is 5.02 Å². The molecule has 0 radical (unpaired) electrons. The minimum atomic E-state index is -0.524. The fourth-order valence-electron chi connectivity index (χ4n) is 4.84. The number of hydrogen-bond acceptors (Lipinski definition) is 4. The smallest absolute Gasteiger partial charge is 0.247 e. The summed E-state index contributed by atoms with van der Waals surface area (Å²) in [7, 11) is 0. The lowest BCUT2D eigenvalue weighted by molar-refractivity contribution is -0.148. The van der Waals surface area contributed by atoms with Crippen LogP contribution in [-0.4, -0.2) is 83.0 Å². The normalized spacial score (nSPS) is 25.7. The van der Waals surface area contributed by atoms with Gasteiger partial charge in [-0.15, -0.1) is 0 Å². The van der Waals surface area contributed by atoms with Crippen LogP contribution in [0.1, 0.15) is 38.2 Å². The largest absolute Gasteiger partial charge is 0.391 e. The Labute approximate surface area is 193 Å². The summed E-state index contributed by atoms with van der Waals surface area (Å²) in [6.07, 6.45) is 7.01. The van der Waals surface area contributed by atoms with Crippen LogP contribution in [0, 0.1) is 11.2 Å². The molecule has 2 atom stereocenters. The first-order valence-electron chi connectivity index (χ1n) is 11.4. The second-order valence-corrected chi connectivity index (χ2v) is 9.73. The van der Waals surface area contributed by atoms with Gasteiger partial charge in [-0.1, -0.05) is 17.7 Å². The van der Waals surface area contributed by atoms with Gasteiger partial charge in [0.15, 0.2) is 0 Å². The molecule has 2 unspecified atom stereocenters. The van der Waals surface area contributed by atoms with Crippen molar-refractivity contribution in [1.29, 1.82) is 0 Å². The molecule has 2 aliphatic heterocycles. The van der Waals surface area contributed by atoms with Gasteiger partial charge in [0.1, 0.15) is 11.9 Å². The van der Waals surface area contributed by atoms with Crippen molar-refractivity contribution in [2.75, 3.05) is 39.3 Å². The lowest BCUT2D eigenvalue weighted by Crippen LogP contribution is -2.57. The number of rotatable bonds is 6. The van der Waals surface area contributed by atoms with E-state index in [0.29, 0.717) is 25.2 Å². The van der Waals surface area contributed by atoms with Crippen molar-refractivity contribution in [1.82, 2.24) is 14.7 Å². The Hall–Kier alpha value is -1.96. The number of carbonyl (C=O) groups excluding carboxylic acids is 2. The van der Waals surface area contributed by atoms with Crippen LogP contribution in [0.25, 0.3) is 6.08 Å². The molecular formula is C24H31ClFN3O3. The molecule has 2 heterocycles. The van der Waals surface area contributed by atoms with Crippen LogP contribution in [-0.2, 0) is 9.59 Å². The standard InChI is InChI=1S/C24H31ClFN3O3/c1-17-23(32)28(11-2-10-27-12-9-24(7-8-24)21(30)16-27)13-14-29(17)22(31)6-4-18-3-5-20(26)19(25)15-18/h3-6,15,17,21,30H,2,7-14,16H2,1H3. The molecule has 1 aromatic rings. The van der Waals surface area contributed by atoms with E-state index in [0.717, 1.165) is 45.3 Å². The summed E-state index contributed by atoms with van der Waals surface area (Å²) < 4.78 is 13.3. The number of piperazine rings is 1. The van der Waals surface area contributed by atoms with Crippen LogP contribution in [0.4, 0.5) is 4.39 Å². The van der Waals surface area contributed by atoms with Crippen molar-refractivity contribution in [2.45, 2.75) is 44.8 Å². The van der Waals surface area contributed by atoms with Gasteiger partial charge in [0.25, 0.3) is 0 Å². The monoisotopic (exact) mass is 463 g/mol. The summed E-state index contributed by atoms with van der Waals surface area (Å²) in [5.74, 6) is -0.797. The van der Waals surface area contributed by atoms with Gasteiger partial charge in [-0.2, -0.15) is 0 Å². The maximum absolute atomic E-state index is 13.3. The van der Waals surface area contributed by atoms with Gasteiger partial charge in [-0.25, -0.2) is 4.39 Å². The number of nitrogens with zero attached hydrogens (tertiary/aromatic N) is 3. The number of carbonyl (C=O) groups is 2. The highest BCUT2D eigenvalue weighted by Crippen LogP contribution is 2.53. The molecule has 3 fully saturated rings. The van der Waals surface area contributed by atoms with Crippen molar-refractivity contribution in [2.24, 2.45) is 5.41 Å². The van der Waals surface area contributed by atoms with Crippen LogP contribution in [0.3, 0.4) is 0 Å². The van der Waals surface area contributed by atoms with E-state index in [4.69, 9.17) is 11.6 Å². The van der Waals surface area contributed by atoms with Crippen LogP contribution in [0.15, 0.2) is 24.3 Å². The van der Waals surface area contributed by atoms with Crippen LogP contribution >= 0.6 is 11.6 Å². The Balaban J connectivity index is 1.24. The molecule has 32 heavy (non-hydrogen) atoms. The number of amides is 2. The molecule has 4 rings (SSSR count). The molecule has 1 saturated carbocycles. The first kappa shape index (κ1) is 23.2. The second kappa shape index (κ2) is 9.49. The van der Waals surface area contributed by atoms with Gasteiger partial charge < -0.3 is 19.8 Å². The number of piperidine rings is 1. The number of hydrogen-bond donors (Lipinski definition) is 1. The third-order valence-electron chi connectivity index (χ3n) is 7.25. The lowest BCUT2D eigenvalue weighted by atomic mass is 9.90. The third-order valence-corrected chi connectivity index (χ3v) is 7.54. The minimum absolute atomic E-state index is 0.00265. The molecule has 0 bridgehead atoms.